The monoisotopic (exact) mass is 316 g/mol. The van der Waals surface area contributed by atoms with E-state index in [-0.39, 0.29) is 75.1 Å². The minimum absolute atomic E-state index is 0. The Morgan fingerprint density at radius 2 is 1.90 bits per heavy atom. The van der Waals surface area contributed by atoms with Crippen molar-refractivity contribution in [1.82, 2.24) is 0 Å². The predicted octanol–water partition coefficient (Wildman–Crippen LogP) is -1.45. The second-order valence-corrected chi connectivity index (χ2v) is 5.21. The summed E-state index contributed by atoms with van der Waals surface area (Å²) in [5.41, 5.74) is 0.256. The zero-order chi connectivity index (χ0) is 13.6. The van der Waals surface area contributed by atoms with Crippen LogP contribution >= 0.6 is 0 Å². The van der Waals surface area contributed by atoms with Gasteiger partial charge in [-0.05, 0) is 35.0 Å². The zero-order valence-electron chi connectivity index (χ0n) is 10.6. The molecule has 8 heteroatoms. The van der Waals surface area contributed by atoms with Crippen molar-refractivity contribution < 1.29 is 70.6 Å². The van der Waals surface area contributed by atoms with Crippen LogP contribution in [-0.2, 0) is 16.0 Å². The first-order valence-electron chi connectivity index (χ1n) is 5.44. The van der Waals surface area contributed by atoms with Crippen LogP contribution in [0.15, 0.2) is 30.3 Å². The summed E-state index contributed by atoms with van der Waals surface area (Å²) in [4.78, 5) is 11.1. The molecule has 1 unspecified atom stereocenters. The van der Waals surface area contributed by atoms with Crippen LogP contribution in [0.25, 0.3) is 15.5 Å². The molecule has 1 saturated heterocycles. The van der Waals surface area contributed by atoms with Gasteiger partial charge in [0.25, 0.3) is 0 Å². The molecule has 1 fully saturated rings. The van der Waals surface area contributed by atoms with Crippen molar-refractivity contribution in [2.75, 3.05) is 10.8 Å². The summed E-state index contributed by atoms with van der Waals surface area (Å²) in [6.45, 7) is -0.134. The van der Waals surface area contributed by atoms with Crippen molar-refractivity contribution in [1.29, 1.82) is 0 Å². The number of aromatic hydroxyl groups is 2. The van der Waals surface area contributed by atoms with E-state index in [1.165, 1.54) is 22.5 Å². The maximum Gasteiger partial charge on any atom is 1.00 e. The van der Waals surface area contributed by atoms with Crippen LogP contribution in [0.2, 0.25) is 0 Å². The summed E-state index contributed by atoms with van der Waals surface area (Å²) in [5, 5.41) is 20.8. The van der Waals surface area contributed by atoms with Gasteiger partial charge in [-0.3, -0.25) is 8.51 Å². The number of anilines is 1. The van der Waals surface area contributed by atoms with Gasteiger partial charge in [-0.1, -0.05) is 6.07 Å². The Morgan fingerprint density at radius 1 is 1.15 bits per heavy atom. The fourth-order valence-electron chi connectivity index (χ4n) is 1.97. The summed E-state index contributed by atoms with van der Waals surface area (Å²) in [6, 6.07) is 7.75. The van der Waals surface area contributed by atoms with Crippen LogP contribution in [0.3, 0.4) is 0 Å². The SMILES string of the molecule is O=C1CN(c2cc3cc(O)ccc3cc2O)S(=O)[N-]1.[K+]. The molecule has 0 aliphatic carbocycles. The molecule has 0 saturated carbocycles. The van der Waals surface area contributed by atoms with E-state index in [4.69, 9.17) is 0 Å². The number of carbonyl (C=O) groups is 1. The number of phenolic OH excluding ortho intramolecular Hbond substituents is 2. The molecule has 0 aromatic heterocycles. The van der Waals surface area contributed by atoms with Crippen molar-refractivity contribution in [3.63, 3.8) is 0 Å². The first-order valence-corrected chi connectivity index (χ1v) is 6.51. The molecule has 2 aromatic carbocycles. The molecule has 1 aliphatic rings. The van der Waals surface area contributed by atoms with Gasteiger partial charge in [-0.15, -0.1) is 0 Å². The molecule has 2 aromatic rings. The van der Waals surface area contributed by atoms with Crippen molar-refractivity contribution in [3.8, 4) is 11.5 Å². The van der Waals surface area contributed by atoms with Gasteiger partial charge in [0.1, 0.15) is 11.5 Å². The van der Waals surface area contributed by atoms with Crippen LogP contribution < -0.4 is 55.7 Å². The Morgan fingerprint density at radius 3 is 2.55 bits per heavy atom. The van der Waals surface area contributed by atoms with E-state index < -0.39 is 17.1 Å². The predicted molar refractivity (Wildman–Crippen MR) is 71.1 cm³/mol. The van der Waals surface area contributed by atoms with Crippen molar-refractivity contribution in [2.45, 2.75) is 0 Å². The average molecular weight is 316 g/mol. The molecule has 0 radical (unpaired) electrons. The zero-order valence-corrected chi connectivity index (χ0v) is 14.5. The van der Waals surface area contributed by atoms with E-state index in [0.717, 1.165) is 5.39 Å². The summed E-state index contributed by atoms with van der Waals surface area (Å²) in [7, 11) is 0. The second kappa shape index (κ2) is 6.00. The molecule has 98 valence electrons. The molecule has 1 aliphatic heterocycles. The maximum absolute atomic E-state index is 11.6. The van der Waals surface area contributed by atoms with Gasteiger partial charge in [0.2, 0.25) is 0 Å². The molecule has 2 N–H and O–H groups in total. The number of carbonyl (C=O) groups excluding carboxylic acids is 1. The molecular formula is C12H9KN2O4S. The van der Waals surface area contributed by atoms with Gasteiger partial charge in [0.15, 0.2) is 0 Å². The normalized spacial score (nSPS) is 17.9. The number of amides is 1. The third-order valence-electron chi connectivity index (χ3n) is 2.83. The number of nitrogens with zero attached hydrogens (tertiary/aromatic N) is 2. The molecule has 1 heterocycles. The van der Waals surface area contributed by atoms with E-state index in [2.05, 4.69) is 4.72 Å². The Labute approximate surface area is 159 Å². The van der Waals surface area contributed by atoms with Crippen molar-refractivity contribution >= 4 is 33.5 Å². The standard InChI is InChI=1S/C12H10N2O4S.K/c15-9-2-1-7-5-11(16)10(4-8(7)3-9)14-6-12(17)13-19(14)18;/h1-5H,6H2,(H3,13,15,16,17);/q;+1/p-1. The smallest absolute Gasteiger partial charge is 0.552 e. The van der Waals surface area contributed by atoms with E-state index in [1.54, 1.807) is 12.1 Å². The van der Waals surface area contributed by atoms with Gasteiger partial charge in [-0.2, -0.15) is 0 Å². The fraction of sp³-hybridized carbons (Fsp3) is 0.0833. The Hall–Kier alpha value is -0.644. The average Bonchev–Trinajstić information content (AvgIpc) is 2.68. The van der Waals surface area contributed by atoms with Crippen molar-refractivity contribution in [3.05, 3.63) is 35.1 Å². The minimum Gasteiger partial charge on any atom is -0.552 e. The van der Waals surface area contributed by atoms with Gasteiger partial charge in [-0.25, -0.2) is 0 Å². The summed E-state index contributed by atoms with van der Waals surface area (Å²) < 4.78 is 16.2. The Kier molecular flexibility index (Phi) is 4.72. The molecule has 0 spiro atoms. The van der Waals surface area contributed by atoms with Gasteiger partial charge < -0.3 is 19.7 Å². The summed E-state index contributed by atoms with van der Waals surface area (Å²) in [6.07, 6.45) is 0. The van der Waals surface area contributed by atoms with Gasteiger partial charge >= 0.3 is 51.4 Å². The van der Waals surface area contributed by atoms with E-state index in [9.17, 15) is 19.2 Å². The molecule has 1 amide bonds. The molecule has 3 rings (SSSR count). The van der Waals surface area contributed by atoms with Crippen molar-refractivity contribution in [2.24, 2.45) is 0 Å². The molecule has 6 nitrogen and oxygen atoms in total. The molecule has 20 heavy (non-hydrogen) atoms. The molecule has 1 atom stereocenters. The number of rotatable bonds is 1. The minimum atomic E-state index is -1.81. The number of fused-ring (bicyclic) bond motifs is 1. The van der Waals surface area contributed by atoms with Gasteiger partial charge in [0.05, 0.1) is 18.1 Å². The first kappa shape index (κ1) is 15.7. The van der Waals surface area contributed by atoms with Crippen LogP contribution in [0.1, 0.15) is 0 Å². The van der Waals surface area contributed by atoms with Crippen LogP contribution in [0.4, 0.5) is 5.69 Å². The molecule has 0 bridgehead atoms. The first-order chi connectivity index (χ1) is 9.04. The van der Waals surface area contributed by atoms with E-state index >= 15 is 0 Å². The third kappa shape index (κ3) is 2.85. The largest absolute Gasteiger partial charge is 1.00 e. The fourth-order valence-corrected chi connectivity index (χ4v) is 2.84. The number of hydrogen-bond acceptors (Lipinski definition) is 4. The van der Waals surface area contributed by atoms with Crippen LogP contribution in [0.5, 0.6) is 11.5 Å². The second-order valence-electron chi connectivity index (χ2n) is 4.12. The van der Waals surface area contributed by atoms with Gasteiger partial charge in [0, 0.05) is 11.2 Å². The Bertz CT molecular complexity index is 722. The number of hydrogen-bond donors (Lipinski definition) is 2. The Balaban J connectivity index is 0.00000147. The number of benzene rings is 2. The maximum atomic E-state index is 11.6. The summed E-state index contributed by atoms with van der Waals surface area (Å²) in [5.74, 6) is -0.488. The third-order valence-corrected chi connectivity index (χ3v) is 3.90. The number of phenols is 2. The van der Waals surface area contributed by atoms with Crippen LogP contribution in [-0.4, -0.2) is 26.9 Å². The molecular weight excluding hydrogens is 307 g/mol. The summed E-state index contributed by atoms with van der Waals surface area (Å²) >= 11 is -1.81. The topological polar surface area (TPSA) is 91.9 Å². The van der Waals surface area contributed by atoms with E-state index in [0.29, 0.717) is 5.39 Å². The quantitative estimate of drug-likeness (QED) is 0.630. The van der Waals surface area contributed by atoms with E-state index in [1.807, 2.05) is 0 Å². The van der Waals surface area contributed by atoms with Crippen LogP contribution in [0, 0.1) is 0 Å².